The molecule has 0 spiro atoms. The average molecular weight is 410 g/mol. The van der Waals surface area contributed by atoms with Crippen LogP contribution in [0.1, 0.15) is 25.8 Å². The quantitative estimate of drug-likeness (QED) is 0.510. The minimum Gasteiger partial charge on any atom is -0.463 e. The molecule has 0 aromatic heterocycles. The van der Waals surface area contributed by atoms with E-state index in [4.69, 9.17) is 9.47 Å². The van der Waals surface area contributed by atoms with Gasteiger partial charge in [-0.25, -0.2) is 8.42 Å². The van der Waals surface area contributed by atoms with Crippen LogP contribution in [0.2, 0.25) is 0 Å². The Kier molecular flexibility index (Phi) is 8.16. The minimum absolute atomic E-state index is 0.103. The lowest BCUT2D eigenvalue weighted by atomic mass is 10.2. The van der Waals surface area contributed by atoms with Crippen molar-refractivity contribution in [3.8, 4) is 0 Å². The number of nitrogens with zero attached hydrogens (tertiary/aromatic N) is 1. The second-order valence-corrected chi connectivity index (χ2v) is 8.44. The van der Waals surface area contributed by atoms with Gasteiger partial charge in [0.2, 0.25) is 15.9 Å². The zero-order valence-corrected chi connectivity index (χ0v) is 16.9. The van der Waals surface area contributed by atoms with Crippen molar-refractivity contribution in [2.45, 2.75) is 31.3 Å². The van der Waals surface area contributed by atoms with Gasteiger partial charge >= 0.3 is 5.97 Å². The Labute approximate surface area is 165 Å². The monoisotopic (exact) mass is 410 g/mol. The molecule has 2 rings (SSSR count). The van der Waals surface area contributed by atoms with E-state index < -0.39 is 10.0 Å². The van der Waals surface area contributed by atoms with Crippen molar-refractivity contribution in [1.82, 2.24) is 9.62 Å². The topological polar surface area (TPSA) is 102 Å². The number of esters is 1. The molecule has 1 saturated heterocycles. The van der Waals surface area contributed by atoms with Gasteiger partial charge in [-0.15, -0.1) is 0 Å². The maximum atomic E-state index is 12.6. The van der Waals surface area contributed by atoms with Crippen LogP contribution < -0.4 is 5.32 Å². The van der Waals surface area contributed by atoms with E-state index in [1.807, 2.05) is 0 Å². The van der Waals surface area contributed by atoms with Gasteiger partial charge in [0.25, 0.3) is 0 Å². The summed E-state index contributed by atoms with van der Waals surface area (Å²) in [6, 6.07) is 6.31. The molecule has 9 heteroatoms. The number of hydrogen-bond donors (Lipinski definition) is 1. The summed E-state index contributed by atoms with van der Waals surface area (Å²) in [7, 11) is -3.53. The molecular formula is C19H26N2O6S. The number of carbonyl (C=O) groups is 2. The van der Waals surface area contributed by atoms with E-state index in [1.54, 1.807) is 32.1 Å². The van der Waals surface area contributed by atoms with E-state index in [0.717, 1.165) is 0 Å². The van der Waals surface area contributed by atoms with Gasteiger partial charge in [0.05, 0.1) is 30.6 Å². The molecule has 1 heterocycles. The summed E-state index contributed by atoms with van der Waals surface area (Å²) < 4.78 is 36.7. The highest BCUT2D eigenvalue weighted by atomic mass is 32.2. The smallest absolute Gasteiger partial charge is 0.307 e. The van der Waals surface area contributed by atoms with E-state index in [9.17, 15) is 18.0 Å². The summed E-state index contributed by atoms with van der Waals surface area (Å²) in [5.74, 6) is -0.710. The van der Waals surface area contributed by atoms with Crippen LogP contribution in [0.3, 0.4) is 0 Å². The molecule has 0 aliphatic carbocycles. The van der Waals surface area contributed by atoms with E-state index in [0.29, 0.717) is 31.9 Å². The third-order valence-electron chi connectivity index (χ3n) is 3.91. The Morgan fingerprint density at radius 1 is 1.21 bits per heavy atom. The standard InChI is InChI=1S/C19H26N2O6S/c1-15(2)27-19(23)9-10-20-18(22)8-5-16-3-6-17(7-4-16)28(24,25)21-11-13-26-14-12-21/h3-8,15H,9-14H2,1-2H3,(H,20,22)/b8-5+. The first-order valence-electron chi connectivity index (χ1n) is 9.12. The first kappa shape index (κ1) is 22.1. The second-order valence-electron chi connectivity index (χ2n) is 6.50. The predicted molar refractivity (Wildman–Crippen MR) is 104 cm³/mol. The maximum Gasteiger partial charge on any atom is 0.307 e. The van der Waals surface area contributed by atoms with Crippen molar-refractivity contribution < 1.29 is 27.5 Å². The van der Waals surface area contributed by atoms with Crippen LogP contribution in [-0.2, 0) is 29.1 Å². The highest BCUT2D eigenvalue weighted by Gasteiger charge is 2.25. The molecule has 1 aromatic carbocycles. The fourth-order valence-electron chi connectivity index (χ4n) is 2.53. The summed E-state index contributed by atoms with van der Waals surface area (Å²) in [5, 5.41) is 2.59. The van der Waals surface area contributed by atoms with Gasteiger partial charge in [0.15, 0.2) is 0 Å². The zero-order chi connectivity index (χ0) is 20.6. The number of sulfonamides is 1. The van der Waals surface area contributed by atoms with E-state index in [-0.39, 0.29) is 35.8 Å². The fraction of sp³-hybridized carbons (Fsp3) is 0.474. The average Bonchev–Trinajstić information content (AvgIpc) is 2.67. The number of benzene rings is 1. The Bertz CT molecular complexity index is 796. The molecule has 0 atom stereocenters. The van der Waals surface area contributed by atoms with Gasteiger partial charge in [-0.2, -0.15) is 4.31 Å². The van der Waals surface area contributed by atoms with Crippen molar-refractivity contribution in [3.05, 3.63) is 35.9 Å². The summed E-state index contributed by atoms with van der Waals surface area (Å²) in [5.41, 5.74) is 0.690. The summed E-state index contributed by atoms with van der Waals surface area (Å²) in [6.07, 6.45) is 2.83. The van der Waals surface area contributed by atoms with Gasteiger partial charge in [-0.1, -0.05) is 12.1 Å². The SMILES string of the molecule is CC(C)OC(=O)CCNC(=O)/C=C/c1ccc(S(=O)(=O)N2CCOCC2)cc1. The molecule has 0 unspecified atom stereocenters. The summed E-state index contributed by atoms with van der Waals surface area (Å²) >= 11 is 0. The Hall–Kier alpha value is -2.23. The molecule has 0 saturated carbocycles. The number of carbonyl (C=O) groups excluding carboxylic acids is 2. The molecule has 1 aromatic rings. The number of hydrogen-bond acceptors (Lipinski definition) is 6. The van der Waals surface area contributed by atoms with Gasteiger partial charge in [0.1, 0.15) is 0 Å². The van der Waals surface area contributed by atoms with E-state index in [1.165, 1.54) is 22.5 Å². The fourth-order valence-corrected chi connectivity index (χ4v) is 3.94. The lowest BCUT2D eigenvalue weighted by Gasteiger charge is -2.26. The summed E-state index contributed by atoms with van der Waals surface area (Å²) in [6.45, 7) is 5.18. The van der Waals surface area contributed by atoms with Crippen LogP contribution in [0.4, 0.5) is 0 Å². The normalized spacial score (nSPS) is 15.7. The maximum absolute atomic E-state index is 12.6. The van der Waals surface area contributed by atoms with Crippen molar-refractivity contribution in [3.63, 3.8) is 0 Å². The first-order chi connectivity index (χ1) is 13.3. The molecule has 1 N–H and O–H groups in total. The molecule has 1 fully saturated rings. The number of ether oxygens (including phenoxy) is 2. The Morgan fingerprint density at radius 2 is 1.86 bits per heavy atom. The van der Waals surface area contributed by atoms with Crippen molar-refractivity contribution >= 4 is 28.0 Å². The van der Waals surface area contributed by atoms with Gasteiger partial charge < -0.3 is 14.8 Å². The van der Waals surface area contributed by atoms with Crippen molar-refractivity contribution in [2.24, 2.45) is 0 Å². The van der Waals surface area contributed by atoms with Crippen molar-refractivity contribution in [1.29, 1.82) is 0 Å². The molecule has 0 radical (unpaired) electrons. The Balaban J connectivity index is 1.86. The third-order valence-corrected chi connectivity index (χ3v) is 5.82. The molecule has 1 aliphatic rings. The minimum atomic E-state index is -3.53. The lowest BCUT2D eigenvalue weighted by Crippen LogP contribution is -2.40. The van der Waals surface area contributed by atoms with Gasteiger partial charge in [-0.3, -0.25) is 9.59 Å². The van der Waals surface area contributed by atoms with Crippen LogP contribution in [0.25, 0.3) is 6.08 Å². The largest absolute Gasteiger partial charge is 0.463 e. The van der Waals surface area contributed by atoms with Crippen molar-refractivity contribution in [2.75, 3.05) is 32.8 Å². The van der Waals surface area contributed by atoms with Crippen LogP contribution in [0, 0.1) is 0 Å². The zero-order valence-electron chi connectivity index (χ0n) is 16.1. The molecule has 0 bridgehead atoms. The molecule has 28 heavy (non-hydrogen) atoms. The van der Waals surface area contributed by atoms with Crippen LogP contribution in [0.5, 0.6) is 0 Å². The molecular weight excluding hydrogens is 384 g/mol. The Morgan fingerprint density at radius 3 is 2.46 bits per heavy atom. The number of morpholine rings is 1. The summed E-state index contributed by atoms with van der Waals surface area (Å²) in [4.78, 5) is 23.4. The number of nitrogens with one attached hydrogen (secondary N) is 1. The van der Waals surface area contributed by atoms with Gasteiger partial charge in [-0.05, 0) is 37.6 Å². The molecule has 154 valence electrons. The third kappa shape index (κ3) is 6.74. The predicted octanol–water partition coefficient (Wildman–Crippen LogP) is 1.18. The van der Waals surface area contributed by atoms with E-state index in [2.05, 4.69) is 5.32 Å². The number of rotatable bonds is 8. The lowest BCUT2D eigenvalue weighted by molar-refractivity contribution is -0.147. The number of amides is 1. The first-order valence-corrected chi connectivity index (χ1v) is 10.6. The van der Waals surface area contributed by atoms with Crippen LogP contribution in [0.15, 0.2) is 35.2 Å². The highest BCUT2D eigenvalue weighted by Crippen LogP contribution is 2.18. The molecule has 8 nitrogen and oxygen atoms in total. The highest BCUT2D eigenvalue weighted by molar-refractivity contribution is 7.89. The van der Waals surface area contributed by atoms with Crippen LogP contribution in [-0.4, -0.2) is 63.6 Å². The second kappa shape index (κ2) is 10.4. The molecule has 1 aliphatic heterocycles. The van der Waals surface area contributed by atoms with Gasteiger partial charge in [0, 0.05) is 25.7 Å². The van der Waals surface area contributed by atoms with Crippen LogP contribution >= 0.6 is 0 Å². The van der Waals surface area contributed by atoms with E-state index >= 15 is 0 Å². The molecule has 1 amide bonds.